The number of thiazole rings is 1. The van der Waals surface area contributed by atoms with E-state index in [-0.39, 0.29) is 17.7 Å². The average molecular weight is 398 g/mol. The van der Waals surface area contributed by atoms with Gasteiger partial charge in [0.2, 0.25) is 11.8 Å². The highest BCUT2D eigenvalue weighted by molar-refractivity contribution is 7.18. The molecule has 3 aromatic rings. The molecule has 146 valence electrons. The van der Waals surface area contributed by atoms with Crippen LogP contribution in [0.15, 0.2) is 30.5 Å². The van der Waals surface area contributed by atoms with Gasteiger partial charge in [-0.15, -0.1) is 11.3 Å². The third kappa shape index (κ3) is 3.91. The van der Waals surface area contributed by atoms with Crippen LogP contribution in [-0.2, 0) is 16.1 Å². The Morgan fingerprint density at radius 3 is 2.93 bits per heavy atom. The Morgan fingerprint density at radius 2 is 2.14 bits per heavy atom. The number of carbonyl (C=O) groups excluding carboxylic acids is 2. The number of nitrogens with zero attached hydrogens (tertiary/aromatic N) is 4. The summed E-state index contributed by atoms with van der Waals surface area (Å²) >= 11 is 1.61. The fraction of sp³-hybridized carbons (Fsp3) is 0.400. The Bertz CT molecular complexity index is 1020. The molecule has 7 nitrogen and oxygen atoms in total. The number of aryl methyl sites for hydroxylation is 3. The number of nitrogens with one attached hydrogen (secondary N) is 1. The Labute approximate surface area is 167 Å². The maximum absolute atomic E-state index is 12.6. The Morgan fingerprint density at radius 1 is 1.29 bits per heavy atom. The molecule has 2 aromatic heterocycles. The van der Waals surface area contributed by atoms with Gasteiger partial charge in [0.25, 0.3) is 0 Å². The van der Waals surface area contributed by atoms with E-state index in [9.17, 15) is 9.59 Å². The number of aromatic nitrogens is 3. The number of fused-ring (bicyclic) bond motifs is 1. The zero-order valence-corrected chi connectivity index (χ0v) is 16.8. The first-order valence-corrected chi connectivity index (χ1v) is 10.3. The normalized spacial score (nSPS) is 16.6. The number of benzene rings is 1. The molecule has 1 aromatic carbocycles. The number of hydrogen-bond donors (Lipinski definition) is 1. The van der Waals surface area contributed by atoms with Crippen molar-refractivity contribution in [3.05, 3.63) is 41.2 Å². The van der Waals surface area contributed by atoms with E-state index in [1.165, 1.54) is 0 Å². The Kier molecular flexibility index (Phi) is 5.13. The fourth-order valence-corrected chi connectivity index (χ4v) is 4.42. The average Bonchev–Trinajstić information content (AvgIpc) is 3.38. The van der Waals surface area contributed by atoms with Crippen molar-refractivity contribution < 1.29 is 9.59 Å². The number of amides is 2. The van der Waals surface area contributed by atoms with E-state index in [1.54, 1.807) is 22.4 Å². The van der Waals surface area contributed by atoms with Gasteiger partial charge >= 0.3 is 0 Å². The molecular weight excluding hydrogens is 374 g/mol. The predicted octanol–water partition coefficient (Wildman–Crippen LogP) is 2.99. The van der Waals surface area contributed by atoms with Crippen LogP contribution in [0, 0.1) is 19.8 Å². The maximum Gasteiger partial charge on any atom is 0.229 e. The predicted molar refractivity (Wildman–Crippen MR) is 109 cm³/mol. The molecule has 0 bridgehead atoms. The Balaban J connectivity index is 1.31. The summed E-state index contributed by atoms with van der Waals surface area (Å²) in [6.45, 7) is 5.62. The molecule has 8 heteroatoms. The van der Waals surface area contributed by atoms with E-state index in [4.69, 9.17) is 0 Å². The van der Waals surface area contributed by atoms with E-state index in [2.05, 4.69) is 15.4 Å². The molecule has 2 amide bonds. The molecule has 0 spiro atoms. The van der Waals surface area contributed by atoms with E-state index in [0.717, 1.165) is 26.6 Å². The lowest BCUT2D eigenvalue weighted by atomic mass is 10.1. The van der Waals surface area contributed by atoms with Gasteiger partial charge in [0, 0.05) is 43.6 Å². The van der Waals surface area contributed by atoms with Crippen LogP contribution in [-0.4, -0.2) is 44.6 Å². The summed E-state index contributed by atoms with van der Waals surface area (Å²) in [5.41, 5.74) is 2.77. The Hall–Kier alpha value is -2.74. The van der Waals surface area contributed by atoms with Gasteiger partial charge in [0.15, 0.2) is 0 Å². The van der Waals surface area contributed by atoms with Crippen LogP contribution in [0.5, 0.6) is 0 Å². The first-order valence-electron chi connectivity index (χ1n) is 9.44. The van der Waals surface area contributed by atoms with Gasteiger partial charge < -0.3 is 10.2 Å². The second kappa shape index (κ2) is 7.71. The van der Waals surface area contributed by atoms with Crippen molar-refractivity contribution in [2.45, 2.75) is 33.2 Å². The zero-order chi connectivity index (χ0) is 19.7. The first kappa shape index (κ1) is 18.6. The molecule has 0 aliphatic carbocycles. The molecule has 1 aliphatic heterocycles. The van der Waals surface area contributed by atoms with Crippen molar-refractivity contribution >= 4 is 39.1 Å². The van der Waals surface area contributed by atoms with Crippen molar-refractivity contribution in [3.63, 3.8) is 0 Å². The number of anilines is 1. The molecule has 28 heavy (non-hydrogen) atoms. The SMILES string of the molecule is Cc1nc2ccc(NC(=O)C3CCN(C(=O)CCn4nccc4C)C3)cc2s1. The van der Waals surface area contributed by atoms with Crippen LogP contribution in [0.1, 0.15) is 23.5 Å². The van der Waals surface area contributed by atoms with E-state index in [1.807, 2.05) is 42.8 Å². The van der Waals surface area contributed by atoms with Gasteiger partial charge in [-0.1, -0.05) is 0 Å². The van der Waals surface area contributed by atoms with Crippen LogP contribution in [0.4, 0.5) is 5.69 Å². The van der Waals surface area contributed by atoms with Gasteiger partial charge in [-0.25, -0.2) is 4.98 Å². The largest absolute Gasteiger partial charge is 0.342 e. The highest BCUT2D eigenvalue weighted by Crippen LogP contribution is 2.26. The van der Waals surface area contributed by atoms with E-state index < -0.39 is 0 Å². The van der Waals surface area contributed by atoms with E-state index in [0.29, 0.717) is 32.5 Å². The van der Waals surface area contributed by atoms with E-state index >= 15 is 0 Å². The van der Waals surface area contributed by atoms with Crippen LogP contribution in [0.2, 0.25) is 0 Å². The van der Waals surface area contributed by atoms with Crippen molar-refractivity contribution in [2.24, 2.45) is 5.92 Å². The van der Waals surface area contributed by atoms with Crippen molar-refractivity contribution in [2.75, 3.05) is 18.4 Å². The third-order valence-electron chi connectivity index (χ3n) is 5.14. The standard InChI is InChI=1S/C20H23N5O2S/c1-13-5-8-21-25(13)10-7-19(26)24-9-6-15(12-24)20(27)23-16-3-4-17-18(11-16)28-14(2)22-17/h3-5,8,11,15H,6-7,9-10,12H2,1-2H3,(H,23,27). The van der Waals surface area contributed by atoms with Crippen molar-refractivity contribution in [1.82, 2.24) is 19.7 Å². The minimum Gasteiger partial charge on any atom is -0.342 e. The molecule has 0 saturated carbocycles. The topological polar surface area (TPSA) is 80.1 Å². The fourth-order valence-electron chi connectivity index (χ4n) is 3.56. The van der Waals surface area contributed by atoms with Crippen molar-refractivity contribution in [3.8, 4) is 0 Å². The minimum absolute atomic E-state index is 0.0289. The number of rotatable bonds is 5. The molecule has 1 aliphatic rings. The smallest absolute Gasteiger partial charge is 0.229 e. The molecular formula is C20H23N5O2S. The minimum atomic E-state index is -0.172. The van der Waals surface area contributed by atoms with Crippen LogP contribution in [0.3, 0.4) is 0 Å². The van der Waals surface area contributed by atoms with Gasteiger partial charge in [-0.3, -0.25) is 14.3 Å². The number of hydrogen-bond acceptors (Lipinski definition) is 5. The molecule has 3 heterocycles. The lowest BCUT2D eigenvalue weighted by Gasteiger charge is -2.17. The molecule has 1 saturated heterocycles. The van der Waals surface area contributed by atoms with Gasteiger partial charge in [-0.2, -0.15) is 5.10 Å². The monoisotopic (exact) mass is 397 g/mol. The summed E-state index contributed by atoms with van der Waals surface area (Å²) in [7, 11) is 0. The van der Waals surface area contributed by atoms with Crippen LogP contribution < -0.4 is 5.32 Å². The highest BCUT2D eigenvalue weighted by Gasteiger charge is 2.31. The maximum atomic E-state index is 12.6. The lowest BCUT2D eigenvalue weighted by molar-refractivity contribution is -0.130. The summed E-state index contributed by atoms with van der Waals surface area (Å²) in [6, 6.07) is 7.69. The van der Waals surface area contributed by atoms with Gasteiger partial charge in [0.1, 0.15) is 0 Å². The summed E-state index contributed by atoms with van der Waals surface area (Å²) < 4.78 is 2.89. The summed E-state index contributed by atoms with van der Waals surface area (Å²) in [5, 5.41) is 8.21. The molecule has 1 N–H and O–H groups in total. The highest BCUT2D eigenvalue weighted by atomic mass is 32.1. The second-order valence-corrected chi connectivity index (χ2v) is 8.41. The molecule has 1 unspecified atom stereocenters. The summed E-state index contributed by atoms with van der Waals surface area (Å²) in [6.07, 6.45) is 2.83. The lowest BCUT2D eigenvalue weighted by Crippen LogP contribution is -2.32. The zero-order valence-electron chi connectivity index (χ0n) is 16.0. The van der Waals surface area contributed by atoms with Crippen LogP contribution >= 0.6 is 11.3 Å². The van der Waals surface area contributed by atoms with Gasteiger partial charge in [0.05, 0.1) is 21.1 Å². The molecule has 1 atom stereocenters. The molecule has 0 radical (unpaired) electrons. The van der Waals surface area contributed by atoms with Gasteiger partial charge in [-0.05, 0) is 44.5 Å². The first-order chi connectivity index (χ1) is 13.5. The van der Waals surface area contributed by atoms with Crippen LogP contribution in [0.25, 0.3) is 10.2 Å². The molecule has 1 fully saturated rings. The van der Waals surface area contributed by atoms with Crippen molar-refractivity contribution in [1.29, 1.82) is 0 Å². The quantitative estimate of drug-likeness (QED) is 0.718. The molecule has 4 rings (SSSR count). The third-order valence-corrected chi connectivity index (χ3v) is 6.07. The summed E-state index contributed by atoms with van der Waals surface area (Å²) in [5.74, 6) is -0.125. The second-order valence-electron chi connectivity index (χ2n) is 7.18. The number of carbonyl (C=O) groups is 2. The number of likely N-dealkylation sites (tertiary alicyclic amines) is 1. The summed E-state index contributed by atoms with van der Waals surface area (Å²) in [4.78, 5) is 31.3.